The average Bonchev–Trinajstić information content (AvgIpc) is 2.93. The van der Waals surface area contributed by atoms with Crippen molar-refractivity contribution in [3.63, 3.8) is 0 Å². The van der Waals surface area contributed by atoms with Gasteiger partial charge in [-0.25, -0.2) is 4.39 Å². The van der Waals surface area contributed by atoms with Crippen molar-refractivity contribution in [2.75, 3.05) is 0 Å². The van der Waals surface area contributed by atoms with Crippen molar-refractivity contribution in [2.24, 2.45) is 0 Å². The van der Waals surface area contributed by atoms with E-state index in [-0.39, 0.29) is 5.82 Å². The Morgan fingerprint density at radius 1 is 1.47 bits per heavy atom. The van der Waals surface area contributed by atoms with E-state index in [9.17, 15) is 4.39 Å². The summed E-state index contributed by atoms with van der Waals surface area (Å²) in [7, 11) is 0. The molecular weight excluding hydrogens is 326 g/mol. The minimum absolute atomic E-state index is 0.175. The normalized spacial score (nSPS) is 16.1. The first-order valence-corrected chi connectivity index (χ1v) is 6.25. The van der Waals surface area contributed by atoms with E-state index in [4.69, 9.17) is 12.2 Å². The standard InChI is InChI=1S/C10H8FIN2S/c11-6-3-9-8(4-7(6)12)13-10(15)14(9)5-1-2-5/h3-5H,1-2H2,(H,13,15). The molecule has 2 aromatic rings. The summed E-state index contributed by atoms with van der Waals surface area (Å²) in [6.45, 7) is 0. The number of hydrogen-bond donors (Lipinski definition) is 1. The van der Waals surface area contributed by atoms with Crippen LogP contribution in [0.15, 0.2) is 12.1 Å². The molecule has 0 atom stereocenters. The Morgan fingerprint density at radius 3 is 2.87 bits per heavy atom. The number of benzene rings is 1. The van der Waals surface area contributed by atoms with Gasteiger partial charge in [0.15, 0.2) is 4.77 Å². The molecule has 1 aromatic heterocycles. The molecule has 0 amide bonds. The van der Waals surface area contributed by atoms with Crippen LogP contribution in [0.2, 0.25) is 0 Å². The van der Waals surface area contributed by atoms with Gasteiger partial charge >= 0.3 is 0 Å². The molecule has 15 heavy (non-hydrogen) atoms. The molecule has 2 nitrogen and oxygen atoms in total. The van der Waals surface area contributed by atoms with E-state index in [2.05, 4.69) is 4.98 Å². The van der Waals surface area contributed by atoms with Gasteiger partial charge in [0.2, 0.25) is 0 Å². The summed E-state index contributed by atoms with van der Waals surface area (Å²) in [4.78, 5) is 3.12. The van der Waals surface area contributed by atoms with E-state index >= 15 is 0 Å². The molecule has 78 valence electrons. The SMILES string of the molecule is Fc1cc2c(cc1I)[nH]c(=S)n2C1CC1. The highest BCUT2D eigenvalue weighted by Gasteiger charge is 2.26. The summed E-state index contributed by atoms with van der Waals surface area (Å²) in [6.07, 6.45) is 2.30. The first-order chi connectivity index (χ1) is 7.16. The molecule has 1 aromatic carbocycles. The van der Waals surface area contributed by atoms with Gasteiger partial charge in [-0.1, -0.05) is 0 Å². The Balaban J connectivity index is 2.39. The average molecular weight is 334 g/mol. The van der Waals surface area contributed by atoms with E-state index in [0.29, 0.717) is 14.4 Å². The summed E-state index contributed by atoms with van der Waals surface area (Å²) >= 11 is 7.23. The summed E-state index contributed by atoms with van der Waals surface area (Å²) in [6, 6.07) is 3.85. The molecule has 1 aliphatic rings. The zero-order valence-electron chi connectivity index (χ0n) is 7.76. The third-order valence-corrected chi connectivity index (χ3v) is 3.80. The van der Waals surface area contributed by atoms with Crippen molar-refractivity contribution in [3.05, 3.63) is 26.3 Å². The molecule has 0 bridgehead atoms. The summed E-state index contributed by atoms with van der Waals surface area (Å²) < 4.78 is 16.8. The van der Waals surface area contributed by atoms with Gasteiger partial charge in [-0.3, -0.25) is 0 Å². The Bertz CT molecular complexity index is 597. The number of fused-ring (bicyclic) bond motifs is 1. The van der Waals surface area contributed by atoms with E-state index in [1.807, 2.05) is 27.2 Å². The highest BCUT2D eigenvalue weighted by atomic mass is 127. The van der Waals surface area contributed by atoms with E-state index in [1.165, 1.54) is 0 Å². The fourth-order valence-corrected chi connectivity index (χ4v) is 2.64. The smallest absolute Gasteiger partial charge is 0.178 e. The van der Waals surface area contributed by atoms with E-state index < -0.39 is 0 Å². The molecule has 1 saturated carbocycles. The van der Waals surface area contributed by atoms with Crippen molar-refractivity contribution in [2.45, 2.75) is 18.9 Å². The predicted molar refractivity (Wildman–Crippen MR) is 68.1 cm³/mol. The second-order valence-electron chi connectivity index (χ2n) is 3.81. The largest absolute Gasteiger partial charge is 0.331 e. The van der Waals surface area contributed by atoms with Crippen molar-refractivity contribution < 1.29 is 4.39 Å². The third-order valence-electron chi connectivity index (χ3n) is 2.67. The van der Waals surface area contributed by atoms with Crippen LogP contribution in [-0.4, -0.2) is 9.55 Å². The lowest BCUT2D eigenvalue weighted by atomic mass is 10.3. The molecule has 0 aliphatic heterocycles. The van der Waals surface area contributed by atoms with Gasteiger partial charge in [0.25, 0.3) is 0 Å². The third kappa shape index (κ3) is 1.52. The fraction of sp³-hybridized carbons (Fsp3) is 0.300. The number of aromatic amines is 1. The van der Waals surface area contributed by atoms with Gasteiger partial charge in [0.1, 0.15) is 5.82 Å². The maximum absolute atomic E-state index is 13.5. The number of aromatic nitrogens is 2. The van der Waals surface area contributed by atoms with Gasteiger partial charge in [0.05, 0.1) is 14.6 Å². The van der Waals surface area contributed by atoms with Crippen LogP contribution in [0.4, 0.5) is 4.39 Å². The van der Waals surface area contributed by atoms with Crippen molar-refractivity contribution in [1.82, 2.24) is 9.55 Å². The highest BCUT2D eigenvalue weighted by Crippen LogP contribution is 2.38. The molecule has 1 fully saturated rings. The summed E-state index contributed by atoms with van der Waals surface area (Å²) in [5, 5.41) is 0. The Labute approximate surface area is 105 Å². The molecule has 5 heteroatoms. The van der Waals surface area contributed by atoms with Crippen LogP contribution < -0.4 is 0 Å². The van der Waals surface area contributed by atoms with Crippen molar-refractivity contribution in [1.29, 1.82) is 0 Å². The molecule has 0 saturated heterocycles. The highest BCUT2D eigenvalue weighted by molar-refractivity contribution is 14.1. The Morgan fingerprint density at radius 2 is 2.20 bits per heavy atom. The van der Waals surface area contributed by atoms with Crippen LogP contribution in [0.25, 0.3) is 11.0 Å². The zero-order chi connectivity index (χ0) is 10.6. The number of nitrogens with zero attached hydrogens (tertiary/aromatic N) is 1. The molecule has 0 unspecified atom stereocenters. The number of H-pyrrole nitrogens is 1. The topological polar surface area (TPSA) is 20.7 Å². The lowest BCUT2D eigenvalue weighted by molar-refractivity contribution is 0.620. The second-order valence-corrected chi connectivity index (χ2v) is 5.36. The minimum Gasteiger partial charge on any atom is -0.331 e. The molecule has 1 heterocycles. The fourth-order valence-electron chi connectivity index (χ4n) is 1.82. The molecule has 3 rings (SSSR count). The molecule has 1 N–H and O–H groups in total. The lowest BCUT2D eigenvalue weighted by Crippen LogP contribution is -1.93. The molecule has 0 radical (unpaired) electrons. The predicted octanol–water partition coefficient (Wildman–Crippen LogP) is 3.78. The Hall–Kier alpha value is -0.430. The molecule has 1 aliphatic carbocycles. The van der Waals surface area contributed by atoms with Crippen LogP contribution in [0, 0.1) is 14.2 Å². The van der Waals surface area contributed by atoms with E-state index in [0.717, 1.165) is 23.9 Å². The molecule has 0 spiro atoms. The van der Waals surface area contributed by atoms with Crippen molar-refractivity contribution in [3.8, 4) is 0 Å². The molecular formula is C10H8FIN2S. The quantitative estimate of drug-likeness (QED) is 0.622. The number of imidazole rings is 1. The maximum atomic E-state index is 13.5. The first-order valence-electron chi connectivity index (χ1n) is 4.76. The monoisotopic (exact) mass is 334 g/mol. The van der Waals surface area contributed by atoms with Crippen LogP contribution in [-0.2, 0) is 0 Å². The van der Waals surface area contributed by atoms with E-state index in [1.54, 1.807) is 12.1 Å². The van der Waals surface area contributed by atoms with Crippen LogP contribution >= 0.6 is 34.8 Å². The Kier molecular flexibility index (Phi) is 2.14. The van der Waals surface area contributed by atoms with Gasteiger partial charge in [-0.15, -0.1) is 0 Å². The number of nitrogens with one attached hydrogen (secondary N) is 1. The first kappa shape index (κ1) is 9.77. The van der Waals surface area contributed by atoms with Crippen LogP contribution in [0.3, 0.4) is 0 Å². The van der Waals surface area contributed by atoms with Crippen molar-refractivity contribution >= 4 is 45.8 Å². The maximum Gasteiger partial charge on any atom is 0.178 e. The number of hydrogen-bond acceptors (Lipinski definition) is 1. The number of rotatable bonds is 1. The van der Waals surface area contributed by atoms with Gasteiger partial charge < -0.3 is 9.55 Å². The summed E-state index contributed by atoms with van der Waals surface area (Å²) in [5.41, 5.74) is 1.82. The van der Waals surface area contributed by atoms with Gasteiger partial charge in [0, 0.05) is 12.1 Å². The zero-order valence-corrected chi connectivity index (χ0v) is 10.7. The lowest BCUT2D eigenvalue weighted by Gasteiger charge is -2.01. The van der Waals surface area contributed by atoms with Gasteiger partial charge in [-0.05, 0) is 53.7 Å². The van der Waals surface area contributed by atoms with Crippen LogP contribution in [0.5, 0.6) is 0 Å². The summed E-state index contributed by atoms with van der Waals surface area (Å²) in [5.74, 6) is -0.175. The minimum atomic E-state index is -0.175. The number of halogens is 2. The van der Waals surface area contributed by atoms with Crippen LogP contribution in [0.1, 0.15) is 18.9 Å². The van der Waals surface area contributed by atoms with Gasteiger partial charge in [-0.2, -0.15) is 0 Å². The second kappa shape index (κ2) is 3.28.